The molecule has 0 aliphatic heterocycles. The van der Waals surface area contributed by atoms with Crippen molar-refractivity contribution in [2.24, 2.45) is 0 Å². The van der Waals surface area contributed by atoms with Crippen molar-refractivity contribution in [3.05, 3.63) is 0 Å². The Morgan fingerprint density at radius 3 is 2.31 bits per heavy atom. The van der Waals surface area contributed by atoms with Gasteiger partial charge >= 0.3 is 0 Å². The molecule has 0 aromatic rings. The summed E-state index contributed by atoms with van der Waals surface area (Å²) in [7, 11) is 3.31. The van der Waals surface area contributed by atoms with Gasteiger partial charge in [0.05, 0.1) is 26.4 Å². The quantitative estimate of drug-likeness (QED) is 0.504. The Bertz CT molecular complexity index is 91.6. The van der Waals surface area contributed by atoms with E-state index in [4.69, 9.17) is 18.9 Å². The van der Waals surface area contributed by atoms with Gasteiger partial charge in [0.2, 0.25) is 0 Å². The summed E-state index contributed by atoms with van der Waals surface area (Å²) in [4.78, 5) is 0. The van der Waals surface area contributed by atoms with E-state index in [9.17, 15) is 0 Å². The van der Waals surface area contributed by atoms with Crippen molar-refractivity contribution < 1.29 is 18.9 Å². The van der Waals surface area contributed by atoms with Crippen LogP contribution in [0.25, 0.3) is 0 Å². The average Bonchev–Trinajstić information content (AvgIpc) is 2.13. The first-order valence-corrected chi connectivity index (χ1v) is 4.52. The summed E-state index contributed by atoms with van der Waals surface area (Å²) >= 11 is 0. The van der Waals surface area contributed by atoms with Crippen LogP contribution in [0.1, 0.15) is 6.92 Å². The molecule has 0 aromatic heterocycles. The number of methoxy groups -OCH3 is 2. The maximum absolute atomic E-state index is 5.37. The fraction of sp³-hybridized carbons (Fsp3) is 1.00. The third-order valence-corrected chi connectivity index (χ3v) is 1.49. The standard InChI is InChI=1S/C9H20O4/c1-4-13-9(7-11-3)8-12-6-5-10-2/h9H,4-8H2,1-3H3. The van der Waals surface area contributed by atoms with Gasteiger partial charge < -0.3 is 18.9 Å². The van der Waals surface area contributed by atoms with Crippen molar-refractivity contribution in [2.75, 3.05) is 47.3 Å². The second-order valence-corrected chi connectivity index (χ2v) is 2.60. The van der Waals surface area contributed by atoms with Crippen LogP contribution in [0.15, 0.2) is 0 Å². The van der Waals surface area contributed by atoms with Gasteiger partial charge in [0.1, 0.15) is 6.10 Å². The molecule has 0 saturated heterocycles. The van der Waals surface area contributed by atoms with Gasteiger partial charge in [-0.2, -0.15) is 0 Å². The zero-order valence-electron chi connectivity index (χ0n) is 8.75. The molecule has 0 amide bonds. The molecule has 80 valence electrons. The number of hydrogen-bond acceptors (Lipinski definition) is 4. The average molecular weight is 192 g/mol. The molecule has 0 heterocycles. The lowest BCUT2D eigenvalue weighted by molar-refractivity contribution is -0.0536. The van der Waals surface area contributed by atoms with Gasteiger partial charge in [-0.25, -0.2) is 0 Å². The molecule has 4 nitrogen and oxygen atoms in total. The van der Waals surface area contributed by atoms with Crippen molar-refractivity contribution in [1.29, 1.82) is 0 Å². The molecule has 0 fully saturated rings. The molecule has 0 aromatic carbocycles. The molecule has 0 saturated carbocycles. The molecule has 0 rings (SSSR count). The smallest absolute Gasteiger partial charge is 0.104 e. The van der Waals surface area contributed by atoms with Crippen LogP contribution in [0.2, 0.25) is 0 Å². The molecule has 1 unspecified atom stereocenters. The van der Waals surface area contributed by atoms with E-state index in [1.165, 1.54) is 0 Å². The van der Waals surface area contributed by atoms with E-state index in [1.54, 1.807) is 14.2 Å². The highest BCUT2D eigenvalue weighted by Crippen LogP contribution is 1.94. The lowest BCUT2D eigenvalue weighted by atomic mass is 10.4. The van der Waals surface area contributed by atoms with Gasteiger partial charge in [0.25, 0.3) is 0 Å². The highest BCUT2D eigenvalue weighted by Gasteiger charge is 2.07. The van der Waals surface area contributed by atoms with E-state index in [0.717, 1.165) is 0 Å². The normalized spacial score (nSPS) is 13.2. The monoisotopic (exact) mass is 192 g/mol. The molecular formula is C9H20O4. The van der Waals surface area contributed by atoms with Gasteiger partial charge in [-0.3, -0.25) is 0 Å². The van der Waals surface area contributed by atoms with Crippen molar-refractivity contribution >= 4 is 0 Å². The fourth-order valence-corrected chi connectivity index (χ4v) is 0.923. The summed E-state index contributed by atoms with van der Waals surface area (Å²) in [5.41, 5.74) is 0. The van der Waals surface area contributed by atoms with Gasteiger partial charge in [-0.15, -0.1) is 0 Å². The summed E-state index contributed by atoms with van der Waals surface area (Å²) < 4.78 is 20.5. The summed E-state index contributed by atoms with van der Waals surface area (Å²) in [6, 6.07) is 0. The minimum atomic E-state index is 0.0341. The zero-order valence-corrected chi connectivity index (χ0v) is 8.75. The highest BCUT2D eigenvalue weighted by molar-refractivity contribution is 4.53. The summed E-state index contributed by atoms with van der Waals surface area (Å²) in [5, 5.41) is 0. The number of ether oxygens (including phenoxy) is 4. The fourth-order valence-electron chi connectivity index (χ4n) is 0.923. The van der Waals surface area contributed by atoms with E-state index in [2.05, 4.69) is 0 Å². The third kappa shape index (κ3) is 8.18. The molecule has 4 heteroatoms. The maximum atomic E-state index is 5.37. The zero-order chi connectivity index (χ0) is 9.94. The van der Waals surface area contributed by atoms with Crippen LogP contribution in [-0.2, 0) is 18.9 Å². The van der Waals surface area contributed by atoms with Gasteiger partial charge in [0, 0.05) is 20.8 Å². The van der Waals surface area contributed by atoms with Gasteiger partial charge in [-0.05, 0) is 6.92 Å². The van der Waals surface area contributed by atoms with Crippen molar-refractivity contribution in [3.63, 3.8) is 0 Å². The van der Waals surface area contributed by atoms with E-state index >= 15 is 0 Å². The lowest BCUT2D eigenvalue weighted by Gasteiger charge is -2.15. The van der Waals surface area contributed by atoms with Gasteiger partial charge in [-0.1, -0.05) is 0 Å². The molecule has 0 bridgehead atoms. The van der Waals surface area contributed by atoms with Crippen LogP contribution in [0, 0.1) is 0 Å². The van der Waals surface area contributed by atoms with Crippen molar-refractivity contribution in [2.45, 2.75) is 13.0 Å². The lowest BCUT2D eigenvalue weighted by Crippen LogP contribution is -2.25. The number of rotatable bonds is 9. The highest BCUT2D eigenvalue weighted by atomic mass is 16.6. The molecule has 0 spiro atoms. The predicted octanol–water partition coefficient (Wildman–Crippen LogP) is 0.701. The molecule has 0 aliphatic rings. The Morgan fingerprint density at radius 2 is 1.77 bits per heavy atom. The first-order chi connectivity index (χ1) is 6.35. The second kappa shape index (κ2) is 9.92. The Morgan fingerprint density at radius 1 is 1.00 bits per heavy atom. The van der Waals surface area contributed by atoms with E-state index in [-0.39, 0.29) is 6.10 Å². The summed E-state index contributed by atoms with van der Waals surface area (Å²) in [5.74, 6) is 0. The first-order valence-electron chi connectivity index (χ1n) is 4.52. The third-order valence-electron chi connectivity index (χ3n) is 1.49. The molecule has 0 N–H and O–H groups in total. The first kappa shape index (κ1) is 12.8. The Balaban J connectivity index is 3.33. The van der Waals surface area contributed by atoms with Crippen LogP contribution < -0.4 is 0 Å². The van der Waals surface area contributed by atoms with Crippen molar-refractivity contribution in [3.8, 4) is 0 Å². The van der Waals surface area contributed by atoms with Crippen LogP contribution in [0.4, 0.5) is 0 Å². The van der Waals surface area contributed by atoms with Crippen molar-refractivity contribution in [1.82, 2.24) is 0 Å². The molecular weight excluding hydrogens is 172 g/mol. The van der Waals surface area contributed by atoms with Crippen LogP contribution >= 0.6 is 0 Å². The molecule has 13 heavy (non-hydrogen) atoms. The Hall–Kier alpha value is -0.160. The Kier molecular flexibility index (Phi) is 9.80. The minimum Gasteiger partial charge on any atom is -0.382 e. The predicted molar refractivity (Wildman–Crippen MR) is 50.0 cm³/mol. The van der Waals surface area contributed by atoms with E-state index < -0.39 is 0 Å². The van der Waals surface area contributed by atoms with Crippen LogP contribution in [0.5, 0.6) is 0 Å². The Labute approximate surface area is 80.1 Å². The SMILES string of the molecule is CCOC(COC)COCCOC. The molecule has 0 radical (unpaired) electrons. The van der Waals surface area contributed by atoms with Crippen LogP contribution in [0.3, 0.4) is 0 Å². The van der Waals surface area contributed by atoms with E-state index in [0.29, 0.717) is 33.0 Å². The molecule has 0 aliphatic carbocycles. The minimum absolute atomic E-state index is 0.0341. The van der Waals surface area contributed by atoms with E-state index in [1.807, 2.05) is 6.92 Å². The summed E-state index contributed by atoms with van der Waals surface area (Å²) in [6.45, 7) is 4.99. The molecule has 1 atom stereocenters. The maximum Gasteiger partial charge on any atom is 0.104 e. The van der Waals surface area contributed by atoms with Gasteiger partial charge in [0.15, 0.2) is 0 Å². The largest absolute Gasteiger partial charge is 0.382 e. The second-order valence-electron chi connectivity index (χ2n) is 2.60. The number of hydrogen-bond donors (Lipinski definition) is 0. The topological polar surface area (TPSA) is 36.9 Å². The summed E-state index contributed by atoms with van der Waals surface area (Å²) in [6.07, 6.45) is 0.0341. The van der Waals surface area contributed by atoms with Crippen LogP contribution in [-0.4, -0.2) is 53.4 Å².